The van der Waals surface area contributed by atoms with Crippen molar-refractivity contribution in [2.24, 2.45) is 0 Å². The summed E-state index contributed by atoms with van der Waals surface area (Å²) in [5.74, 6) is -0.0743. The third-order valence-corrected chi connectivity index (χ3v) is 9.44. The molecule has 0 heterocycles. The zero-order valence-corrected chi connectivity index (χ0v) is 31.1. The van der Waals surface area contributed by atoms with Gasteiger partial charge in [0.2, 0.25) is 5.91 Å². The molecule has 4 nitrogen and oxygen atoms in total. The van der Waals surface area contributed by atoms with Crippen LogP contribution in [-0.2, 0) is 4.79 Å². The van der Waals surface area contributed by atoms with E-state index in [0.717, 1.165) is 32.1 Å². The summed E-state index contributed by atoms with van der Waals surface area (Å²) in [5, 5.41) is 22.9. The van der Waals surface area contributed by atoms with E-state index in [2.05, 4.69) is 31.3 Å². The van der Waals surface area contributed by atoms with E-state index in [-0.39, 0.29) is 12.5 Å². The number of rotatable bonds is 37. The van der Waals surface area contributed by atoms with Gasteiger partial charge in [-0.2, -0.15) is 0 Å². The van der Waals surface area contributed by atoms with Crippen molar-refractivity contribution in [2.45, 2.75) is 231 Å². The lowest BCUT2D eigenvalue weighted by Gasteiger charge is -2.19. The Bertz CT molecular complexity index is 661. The lowest BCUT2D eigenvalue weighted by atomic mass is 10.0. The van der Waals surface area contributed by atoms with E-state index in [1.54, 1.807) is 6.08 Å². The lowest BCUT2D eigenvalue weighted by Crippen LogP contribution is -2.45. The highest BCUT2D eigenvalue weighted by atomic mass is 16.3. The first-order chi connectivity index (χ1) is 22.7. The largest absolute Gasteiger partial charge is 0.394 e. The van der Waals surface area contributed by atoms with Gasteiger partial charge in [-0.1, -0.05) is 205 Å². The minimum absolute atomic E-state index is 0.0743. The molecule has 0 bridgehead atoms. The SMILES string of the molecule is CCCCCCCCCCCCCCCCCCC/C=C/CC/C=C/C(O)C(CO)NC(=O)CCCCCCCCCCCCC. The predicted octanol–water partition coefficient (Wildman–Crippen LogP) is 12.5. The molecule has 0 aromatic carbocycles. The van der Waals surface area contributed by atoms with Gasteiger partial charge in [-0.25, -0.2) is 0 Å². The van der Waals surface area contributed by atoms with Crippen LogP contribution in [0.2, 0.25) is 0 Å². The van der Waals surface area contributed by atoms with Crippen molar-refractivity contribution in [1.82, 2.24) is 5.32 Å². The van der Waals surface area contributed by atoms with Crippen LogP contribution in [0.3, 0.4) is 0 Å². The maximum absolute atomic E-state index is 12.3. The number of aliphatic hydroxyl groups excluding tert-OH is 2. The van der Waals surface area contributed by atoms with Crippen LogP contribution in [0.15, 0.2) is 24.3 Å². The van der Waals surface area contributed by atoms with E-state index in [9.17, 15) is 15.0 Å². The Hall–Kier alpha value is -1.13. The van der Waals surface area contributed by atoms with Gasteiger partial charge in [0.05, 0.1) is 18.8 Å². The zero-order valence-electron chi connectivity index (χ0n) is 31.1. The number of aliphatic hydroxyl groups is 2. The summed E-state index contributed by atoms with van der Waals surface area (Å²) in [7, 11) is 0. The van der Waals surface area contributed by atoms with E-state index >= 15 is 0 Å². The first-order valence-corrected chi connectivity index (χ1v) is 20.6. The number of amides is 1. The normalized spacial score (nSPS) is 13.2. The molecule has 46 heavy (non-hydrogen) atoms. The number of carbonyl (C=O) groups is 1. The average molecular weight is 648 g/mol. The molecule has 0 radical (unpaired) electrons. The fourth-order valence-electron chi connectivity index (χ4n) is 6.25. The van der Waals surface area contributed by atoms with Crippen LogP contribution >= 0.6 is 0 Å². The van der Waals surface area contributed by atoms with E-state index in [1.165, 1.54) is 167 Å². The predicted molar refractivity (Wildman–Crippen MR) is 202 cm³/mol. The lowest BCUT2D eigenvalue weighted by molar-refractivity contribution is -0.123. The molecule has 2 unspecified atom stereocenters. The number of hydrogen-bond donors (Lipinski definition) is 3. The van der Waals surface area contributed by atoms with Crippen molar-refractivity contribution in [2.75, 3.05) is 6.61 Å². The van der Waals surface area contributed by atoms with E-state index < -0.39 is 12.1 Å². The second kappa shape index (κ2) is 38.3. The molecule has 0 rings (SSSR count). The molecule has 0 saturated heterocycles. The van der Waals surface area contributed by atoms with Gasteiger partial charge in [-0.3, -0.25) is 4.79 Å². The third-order valence-electron chi connectivity index (χ3n) is 9.44. The Balaban J connectivity index is 3.57. The fourth-order valence-corrected chi connectivity index (χ4v) is 6.25. The second-order valence-electron chi connectivity index (χ2n) is 14.1. The third kappa shape index (κ3) is 34.2. The molecular weight excluding hydrogens is 566 g/mol. The maximum atomic E-state index is 12.3. The molecule has 272 valence electrons. The van der Waals surface area contributed by atoms with Crippen LogP contribution in [-0.4, -0.2) is 34.9 Å². The summed E-state index contributed by atoms with van der Waals surface area (Å²) < 4.78 is 0. The number of carbonyl (C=O) groups excluding carboxylic acids is 1. The molecule has 0 spiro atoms. The van der Waals surface area contributed by atoms with Crippen LogP contribution in [0.4, 0.5) is 0 Å². The molecule has 2 atom stereocenters. The molecule has 0 aromatic rings. The van der Waals surface area contributed by atoms with Crippen molar-refractivity contribution >= 4 is 5.91 Å². The van der Waals surface area contributed by atoms with Gasteiger partial charge >= 0.3 is 0 Å². The van der Waals surface area contributed by atoms with Gasteiger partial charge in [0, 0.05) is 6.42 Å². The van der Waals surface area contributed by atoms with Crippen LogP contribution in [0.5, 0.6) is 0 Å². The standard InChI is InChI=1S/C42H81NO3/c1-3-5-7-9-11-13-15-16-17-18-19-20-21-22-23-24-25-26-28-29-31-33-35-37-41(45)40(39-44)43-42(46)38-36-34-32-30-27-14-12-10-8-6-4-2/h28-29,35,37,40-41,44-45H,3-27,30-34,36,38-39H2,1-2H3,(H,43,46)/b29-28+,37-35+. The molecule has 0 saturated carbocycles. The highest BCUT2D eigenvalue weighted by molar-refractivity contribution is 5.76. The van der Waals surface area contributed by atoms with Gasteiger partial charge in [-0.05, 0) is 32.1 Å². The van der Waals surface area contributed by atoms with E-state index in [1.807, 2.05) is 6.08 Å². The first kappa shape index (κ1) is 44.9. The Labute approximate surface area is 288 Å². The number of nitrogens with one attached hydrogen (secondary N) is 1. The summed E-state index contributed by atoms with van der Waals surface area (Å²) in [6, 6.07) is -0.633. The number of unbranched alkanes of at least 4 members (excludes halogenated alkanes) is 28. The summed E-state index contributed by atoms with van der Waals surface area (Å²) in [4.78, 5) is 12.3. The zero-order chi connectivity index (χ0) is 33.6. The summed E-state index contributed by atoms with van der Waals surface area (Å²) >= 11 is 0. The molecule has 0 fully saturated rings. The van der Waals surface area contributed by atoms with Crippen molar-refractivity contribution in [3.05, 3.63) is 24.3 Å². The van der Waals surface area contributed by atoms with E-state index in [4.69, 9.17) is 0 Å². The molecule has 4 heteroatoms. The topological polar surface area (TPSA) is 69.6 Å². The first-order valence-electron chi connectivity index (χ1n) is 20.6. The maximum Gasteiger partial charge on any atom is 0.220 e. The minimum atomic E-state index is -0.856. The molecule has 1 amide bonds. The molecule has 0 aliphatic rings. The Morgan fingerprint density at radius 1 is 0.500 bits per heavy atom. The van der Waals surface area contributed by atoms with Crippen molar-refractivity contribution < 1.29 is 15.0 Å². The van der Waals surface area contributed by atoms with Crippen molar-refractivity contribution in [3.63, 3.8) is 0 Å². The fraction of sp³-hybridized carbons (Fsp3) is 0.881. The van der Waals surface area contributed by atoms with Crippen LogP contribution < -0.4 is 5.32 Å². The molecule has 0 aliphatic carbocycles. The van der Waals surface area contributed by atoms with Crippen LogP contribution in [0, 0.1) is 0 Å². The van der Waals surface area contributed by atoms with Gasteiger partial charge < -0.3 is 15.5 Å². The minimum Gasteiger partial charge on any atom is -0.394 e. The molecular formula is C42H81NO3. The Kier molecular flexibility index (Phi) is 37.4. The van der Waals surface area contributed by atoms with E-state index in [0.29, 0.717) is 6.42 Å². The summed E-state index contributed by atoms with van der Waals surface area (Å²) in [6.45, 7) is 4.29. The summed E-state index contributed by atoms with van der Waals surface area (Å²) in [6.07, 6.45) is 48.6. The average Bonchev–Trinajstić information content (AvgIpc) is 3.06. The molecule has 0 aliphatic heterocycles. The molecule has 0 aromatic heterocycles. The van der Waals surface area contributed by atoms with Crippen molar-refractivity contribution in [3.8, 4) is 0 Å². The number of allylic oxidation sites excluding steroid dienone is 3. The Morgan fingerprint density at radius 2 is 0.848 bits per heavy atom. The van der Waals surface area contributed by atoms with Crippen molar-refractivity contribution in [1.29, 1.82) is 0 Å². The van der Waals surface area contributed by atoms with Gasteiger partial charge in [0.15, 0.2) is 0 Å². The van der Waals surface area contributed by atoms with Gasteiger partial charge in [-0.15, -0.1) is 0 Å². The Morgan fingerprint density at radius 3 is 1.26 bits per heavy atom. The smallest absolute Gasteiger partial charge is 0.220 e. The highest BCUT2D eigenvalue weighted by Crippen LogP contribution is 2.15. The van der Waals surface area contributed by atoms with Gasteiger partial charge in [0.25, 0.3) is 0 Å². The monoisotopic (exact) mass is 648 g/mol. The highest BCUT2D eigenvalue weighted by Gasteiger charge is 2.17. The number of hydrogen-bond acceptors (Lipinski definition) is 3. The van der Waals surface area contributed by atoms with Crippen LogP contribution in [0.25, 0.3) is 0 Å². The quantitative estimate of drug-likeness (QED) is 0.0464. The van der Waals surface area contributed by atoms with Crippen LogP contribution in [0.1, 0.15) is 219 Å². The summed E-state index contributed by atoms with van der Waals surface area (Å²) in [5.41, 5.74) is 0. The second-order valence-corrected chi connectivity index (χ2v) is 14.1. The molecule has 3 N–H and O–H groups in total. The van der Waals surface area contributed by atoms with Gasteiger partial charge in [0.1, 0.15) is 0 Å².